The fourth-order valence-corrected chi connectivity index (χ4v) is 1.63. The van der Waals surface area contributed by atoms with Crippen molar-refractivity contribution in [1.82, 2.24) is 9.97 Å². The quantitative estimate of drug-likeness (QED) is 0.894. The van der Waals surface area contributed by atoms with Crippen molar-refractivity contribution >= 4 is 5.82 Å². The molecular weight excluding hydrogens is 226 g/mol. The number of hydrogen-bond donors (Lipinski definition) is 1. The summed E-state index contributed by atoms with van der Waals surface area (Å²) in [6, 6.07) is 9.64. The lowest BCUT2D eigenvalue weighted by Gasteiger charge is -2.10. The Balaban J connectivity index is 2.11. The maximum Gasteiger partial charge on any atom is 0.224 e. The number of nitrogen functional groups attached to an aromatic ring is 1. The third-order valence-corrected chi connectivity index (χ3v) is 2.95. The fourth-order valence-electron chi connectivity index (χ4n) is 1.63. The first-order valence-corrected chi connectivity index (χ1v) is 6.04. The first-order valence-electron chi connectivity index (χ1n) is 6.04. The van der Waals surface area contributed by atoms with Crippen LogP contribution in [0.2, 0.25) is 0 Å². The number of hydrogen-bond acceptors (Lipinski definition) is 4. The molecule has 1 unspecified atom stereocenters. The minimum absolute atomic E-state index is 0.399. The van der Waals surface area contributed by atoms with E-state index in [0.29, 0.717) is 17.6 Å². The van der Waals surface area contributed by atoms with Crippen molar-refractivity contribution in [1.29, 1.82) is 0 Å². The lowest BCUT2D eigenvalue weighted by molar-refractivity contribution is 0.461. The van der Waals surface area contributed by atoms with Crippen LogP contribution in [-0.4, -0.2) is 9.97 Å². The van der Waals surface area contributed by atoms with E-state index in [9.17, 15) is 0 Å². The van der Waals surface area contributed by atoms with Gasteiger partial charge in [0.1, 0.15) is 17.9 Å². The second-order valence-electron chi connectivity index (χ2n) is 4.26. The number of anilines is 1. The maximum atomic E-state index is 5.60. The molecule has 0 bridgehead atoms. The Kier molecular flexibility index (Phi) is 3.77. The molecule has 0 radical (unpaired) electrons. The zero-order valence-electron chi connectivity index (χ0n) is 10.6. The molecule has 0 fully saturated rings. The van der Waals surface area contributed by atoms with Crippen LogP contribution in [0.1, 0.15) is 31.7 Å². The van der Waals surface area contributed by atoms with Gasteiger partial charge in [-0.1, -0.05) is 26.0 Å². The molecule has 0 aliphatic heterocycles. The van der Waals surface area contributed by atoms with Crippen molar-refractivity contribution < 1.29 is 4.74 Å². The van der Waals surface area contributed by atoms with Gasteiger partial charge < -0.3 is 10.5 Å². The van der Waals surface area contributed by atoms with Crippen molar-refractivity contribution in [2.75, 3.05) is 5.73 Å². The Morgan fingerprint density at radius 3 is 2.56 bits per heavy atom. The summed E-state index contributed by atoms with van der Waals surface area (Å²) in [6.45, 7) is 4.39. The Morgan fingerprint density at radius 1 is 1.22 bits per heavy atom. The molecule has 4 heteroatoms. The summed E-state index contributed by atoms with van der Waals surface area (Å²) in [5, 5.41) is 0. The molecule has 0 spiro atoms. The van der Waals surface area contributed by atoms with Gasteiger partial charge in [0, 0.05) is 6.07 Å². The van der Waals surface area contributed by atoms with E-state index in [0.717, 1.165) is 12.2 Å². The van der Waals surface area contributed by atoms with Gasteiger partial charge in [0.05, 0.1) is 0 Å². The maximum absolute atomic E-state index is 5.60. The van der Waals surface area contributed by atoms with Crippen molar-refractivity contribution in [2.24, 2.45) is 0 Å². The van der Waals surface area contributed by atoms with E-state index in [-0.39, 0.29) is 0 Å². The second kappa shape index (κ2) is 5.49. The molecule has 2 N–H and O–H groups in total. The lowest BCUT2D eigenvalue weighted by Crippen LogP contribution is -1.94. The molecule has 0 aliphatic carbocycles. The Bertz CT molecular complexity index is 511. The summed E-state index contributed by atoms with van der Waals surface area (Å²) in [7, 11) is 0. The van der Waals surface area contributed by atoms with Gasteiger partial charge in [-0.15, -0.1) is 0 Å². The molecular formula is C14H17N3O. The molecule has 1 aromatic heterocycles. The largest absolute Gasteiger partial charge is 0.439 e. The van der Waals surface area contributed by atoms with E-state index in [2.05, 4.69) is 35.9 Å². The minimum atomic E-state index is 0.399. The van der Waals surface area contributed by atoms with Crippen LogP contribution in [-0.2, 0) is 0 Å². The number of ether oxygens (including phenoxy) is 1. The first kappa shape index (κ1) is 12.4. The summed E-state index contributed by atoms with van der Waals surface area (Å²) < 4.78 is 5.60. The summed E-state index contributed by atoms with van der Waals surface area (Å²) in [5.41, 5.74) is 6.88. The van der Waals surface area contributed by atoms with Gasteiger partial charge in [0.2, 0.25) is 5.88 Å². The lowest BCUT2D eigenvalue weighted by atomic mass is 9.99. The van der Waals surface area contributed by atoms with E-state index in [4.69, 9.17) is 10.5 Å². The summed E-state index contributed by atoms with van der Waals surface area (Å²) in [5.74, 6) is 2.17. The van der Waals surface area contributed by atoms with Crippen molar-refractivity contribution in [2.45, 2.75) is 26.2 Å². The Hall–Kier alpha value is -2.10. The predicted molar refractivity (Wildman–Crippen MR) is 71.7 cm³/mol. The van der Waals surface area contributed by atoms with E-state index in [1.807, 2.05) is 12.1 Å². The summed E-state index contributed by atoms with van der Waals surface area (Å²) in [4.78, 5) is 7.81. The van der Waals surface area contributed by atoms with Crippen molar-refractivity contribution in [3.05, 3.63) is 42.2 Å². The van der Waals surface area contributed by atoms with E-state index in [1.165, 1.54) is 11.9 Å². The van der Waals surface area contributed by atoms with E-state index >= 15 is 0 Å². The SMILES string of the molecule is CCC(C)c1ccc(Oc2cc(N)ncn2)cc1. The monoisotopic (exact) mass is 243 g/mol. The molecule has 4 nitrogen and oxygen atoms in total. The van der Waals surface area contributed by atoms with E-state index in [1.54, 1.807) is 6.07 Å². The zero-order chi connectivity index (χ0) is 13.0. The minimum Gasteiger partial charge on any atom is -0.439 e. The highest BCUT2D eigenvalue weighted by molar-refractivity contribution is 5.35. The highest BCUT2D eigenvalue weighted by Crippen LogP contribution is 2.24. The molecule has 94 valence electrons. The second-order valence-corrected chi connectivity index (χ2v) is 4.26. The highest BCUT2D eigenvalue weighted by atomic mass is 16.5. The van der Waals surface area contributed by atoms with Gasteiger partial charge in [0.15, 0.2) is 0 Å². The van der Waals surface area contributed by atoms with Crippen LogP contribution in [0.15, 0.2) is 36.7 Å². The number of nitrogens with two attached hydrogens (primary N) is 1. The normalized spacial score (nSPS) is 12.1. The van der Waals surface area contributed by atoms with Gasteiger partial charge in [-0.05, 0) is 30.0 Å². The first-order chi connectivity index (χ1) is 8.69. The van der Waals surface area contributed by atoms with Gasteiger partial charge in [-0.25, -0.2) is 9.97 Å². The van der Waals surface area contributed by atoms with Crippen LogP contribution in [0.3, 0.4) is 0 Å². The molecule has 1 heterocycles. The topological polar surface area (TPSA) is 61.0 Å². The molecule has 2 aromatic rings. The van der Waals surface area contributed by atoms with Crippen LogP contribution < -0.4 is 10.5 Å². The molecule has 1 atom stereocenters. The molecule has 0 saturated heterocycles. The Labute approximate surface area is 107 Å². The summed E-state index contributed by atoms with van der Waals surface area (Å²) in [6.07, 6.45) is 2.51. The number of nitrogens with zero attached hydrogens (tertiary/aromatic N) is 2. The fraction of sp³-hybridized carbons (Fsp3) is 0.286. The number of benzene rings is 1. The molecule has 0 saturated carbocycles. The van der Waals surface area contributed by atoms with Gasteiger partial charge >= 0.3 is 0 Å². The van der Waals surface area contributed by atoms with Crippen LogP contribution in [0.25, 0.3) is 0 Å². The standard InChI is InChI=1S/C14H17N3O/c1-3-10(2)11-4-6-12(7-5-11)18-14-8-13(15)16-9-17-14/h4-10H,3H2,1-2H3,(H2,15,16,17). The molecule has 18 heavy (non-hydrogen) atoms. The van der Waals surface area contributed by atoms with Crippen LogP contribution >= 0.6 is 0 Å². The van der Waals surface area contributed by atoms with Crippen LogP contribution in [0, 0.1) is 0 Å². The van der Waals surface area contributed by atoms with Crippen molar-refractivity contribution in [3.8, 4) is 11.6 Å². The zero-order valence-corrected chi connectivity index (χ0v) is 10.6. The average molecular weight is 243 g/mol. The van der Waals surface area contributed by atoms with Crippen LogP contribution in [0.4, 0.5) is 5.82 Å². The third-order valence-electron chi connectivity index (χ3n) is 2.95. The third kappa shape index (κ3) is 2.97. The highest BCUT2D eigenvalue weighted by Gasteiger charge is 2.04. The molecule has 1 aromatic carbocycles. The average Bonchev–Trinajstić information content (AvgIpc) is 2.39. The number of aromatic nitrogens is 2. The molecule has 2 rings (SSSR count). The van der Waals surface area contributed by atoms with E-state index < -0.39 is 0 Å². The molecule has 0 aliphatic rings. The van der Waals surface area contributed by atoms with Gasteiger partial charge in [-0.2, -0.15) is 0 Å². The Morgan fingerprint density at radius 2 is 1.94 bits per heavy atom. The van der Waals surface area contributed by atoms with Gasteiger partial charge in [0.25, 0.3) is 0 Å². The van der Waals surface area contributed by atoms with Gasteiger partial charge in [-0.3, -0.25) is 0 Å². The predicted octanol–water partition coefficient (Wildman–Crippen LogP) is 3.36. The van der Waals surface area contributed by atoms with Crippen LogP contribution in [0.5, 0.6) is 11.6 Å². The number of rotatable bonds is 4. The van der Waals surface area contributed by atoms with Crippen molar-refractivity contribution in [3.63, 3.8) is 0 Å². The summed E-state index contributed by atoms with van der Waals surface area (Å²) >= 11 is 0. The smallest absolute Gasteiger partial charge is 0.224 e. The molecule has 0 amide bonds.